The van der Waals surface area contributed by atoms with Gasteiger partial charge in [-0.25, -0.2) is 8.42 Å². The third kappa shape index (κ3) is 5.96. The highest BCUT2D eigenvalue weighted by atomic mass is 32.2. The highest BCUT2D eigenvalue weighted by Gasteiger charge is 2.50. The first-order valence-corrected chi connectivity index (χ1v) is 11.3. The maximum Gasteiger partial charge on any atom is 0.511 e. The molecule has 11 heteroatoms. The van der Waals surface area contributed by atoms with E-state index in [2.05, 4.69) is 15.2 Å². The van der Waals surface area contributed by atoms with E-state index in [4.69, 9.17) is 4.74 Å². The van der Waals surface area contributed by atoms with E-state index < -0.39 is 15.5 Å². The molecule has 2 heterocycles. The van der Waals surface area contributed by atoms with Gasteiger partial charge in [0.25, 0.3) is 0 Å². The largest absolute Gasteiger partial charge is 0.511 e. The van der Waals surface area contributed by atoms with Gasteiger partial charge in [0.1, 0.15) is 0 Å². The molecule has 0 amide bonds. The molecule has 1 atom stereocenters. The van der Waals surface area contributed by atoms with Crippen LogP contribution in [0.5, 0.6) is 0 Å². The zero-order valence-corrected chi connectivity index (χ0v) is 17.4. The Labute approximate surface area is 165 Å². The minimum atomic E-state index is -5.23. The molecule has 2 saturated heterocycles. The molecule has 2 aliphatic heterocycles. The number of piperidine rings is 1. The van der Waals surface area contributed by atoms with Gasteiger partial charge in [0, 0.05) is 51.8 Å². The lowest BCUT2D eigenvalue weighted by Crippen LogP contribution is -2.45. The Morgan fingerprint density at radius 2 is 1.79 bits per heavy atom. The molecular weight excluding hydrogens is 397 g/mol. The maximum atomic E-state index is 12.7. The van der Waals surface area contributed by atoms with E-state index in [1.54, 1.807) is 0 Å². The van der Waals surface area contributed by atoms with Crippen molar-refractivity contribution in [3.8, 4) is 0 Å². The predicted octanol–water partition coefficient (Wildman–Crippen LogP) is 1.87. The lowest BCUT2D eigenvalue weighted by atomic mass is 9.98. The van der Waals surface area contributed by atoms with Crippen LogP contribution >= 0.6 is 0 Å². The number of nitrogens with one attached hydrogen (secondary N) is 1. The first-order valence-electron chi connectivity index (χ1n) is 9.86. The Morgan fingerprint density at radius 3 is 2.36 bits per heavy atom. The molecule has 0 bridgehead atoms. The van der Waals surface area contributed by atoms with Gasteiger partial charge in [-0.2, -0.15) is 17.5 Å². The van der Waals surface area contributed by atoms with Crippen LogP contribution in [0, 0.1) is 11.8 Å². The normalized spacial score (nSPS) is 23.4. The van der Waals surface area contributed by atoms with Gasteiger partial charge in [-0.1, -0.05) is 0 Å². The SMILES string of the molecule is CCNC(=NCC1CCN(S(=O)(=O)C(F)(F)F)CC1)N1CCC(COCC)C1. The molecule has 1 N–H and O–H groups in total. The summed E-state index contributed by atoms with van der Waals surface area (Å²) in [6, 6.07) is 0. The second-order valence-electron chi connectivity index (χ2n) is 7.25. The fraction of sp³-hybridized carbons (Fsp3) is 0.941. The molecule has 0 saturated carbocycles. The molecule has 28 heavy (non-hydrogen) atoms. The lowest BCUT2D eigenvalue weighted by Gasteiger charge is -2.31. The van der Waals surface area contributed by atoms with Gasteiger partial charge in [-0.05, 0) is 39.0 Å². The molecule has 0 aromatic heterocycles. The van der Waals surface area contributed by atoms with Crippen LogP contribution in [0.1, 0.15) is 33.1 Å². The fourth-order valence-electron chi connectivity index (χ4n) is 3.57. The maximum absolute atomic E-state index is 12.7. The molecule has 2 aliphatic rings. The van der Waals surface area contributed by atoms with Crippen LogP contribution in [-0.2, 0) is 14.8 Å². The summed E-state index contributed by atoms with van der Waals surface area (Å²) in [6.07, 6.45) is 1.80. The molecule has 0 radical (unpaired) electrons. The van der Waals surface area contributed by atoms with Crippen LogP contribution in [0.3, 0.4) is 0 Å². The van der Waals surface area contributed by atoms with Gasteiger partial charge in [0.15, 0.2) is 5.96 Å². The van der Waals surface area contributed by atoms with Gasteiger partial charge in [0.05, 0.1) is 6.61 Å². The third-order valence-corrected chi connectivity index (χ3v) is 6.81. The number of nitrogens with zero attached hydrogens (tertiary/aromatic N) is 3. The average Bonchev–Trinajstić information content (AvgIpc) is 3.11. The molecular formula is C17H31F3N4O3S. The highest BCUT2D eigenvalue weighted by molar-refractivity contribution is 7.90. The summed E-state index contributed by atoms with van der Waals surface area (Å²) in [5.41, 5.74) is -5.23. The molecule has 0 spiro atoms. The Bertz CT molecular complexity index is 620. The van der Waals surface area contributed by atoms with E-state index in [0.29, 0.717) is 36.2 Å². The summed E-state index contributed by atoms with van der Waals surface area (Å²) in [6.45, 7) is 8.15. The Balaban J connectivity index is 1.88. The van der Waals surface area contributed by atoms with Crippen molar-refractivity contribution in [1.29, 1.82) is 0 Å². The van der Waals surface area contributed by atoms with Gasteiger partial charge >= 0.3 is 15.5 Å². The average molecular weight is 429 g/mol. The summed E-state index contributed by atoms with van der Waals surface area (Å²) < 4.78 is 67.0. The molecule has 1 unspecified atom stereocenters. The van der Waals surface area contributed by atoms with Crippen LogP contribution < -0.4 is 5.32 Å². The molecule has 2 rings (SSSR count). The predicted molar refractivity (Wildman–Crippen MR) is 101 cm³/mol. The fourth-order valence-corrected chi connectivity index (χ4v) is 4.55. The number of ether oxygens (including phenoxy) is 1. The van der Waals surface area contributed by atoms with Crippen LogP contribution in [-0.4, -0.2) is 81.6 Å². The molecule has 0 aromatic rings. The monoisotopic (exact) mass is 428 g/mol. The van der Waals surface area contributed by atoms with Crippen molar-refractivity contribution in [2.75, 3.05) is 52.5 Å². The number of aliphatic imine (C=N–C) groups is 1. The van der Waals surface area contributed by atoms with Crippen molar-refractivity contribution >= 4 is 16.0 Å². The van der Waals surface area contributed by atoms with Crippen LogP contribution in [0.2, 0.25) is 0 Å². The van der Waals surface area contributed by atoms with Crippen molar-refractivity contribution in [1.82, 2.24) is 14.5 Å². The van der Waals surface area contributed by atoms with Gasteiger partial charge < -0.3 is 15.0 Å². The summed E-state index contributed by atoms with van der Waals surface area (Å²) >= 11 is 0. The minimum Gasteiger partial charge on any atom is -0.381 e. The molecule has 7 nitrogen and oxygen atoms in total. The molecule has 2 fully saturated rings. The Kier molecular flexibility index (Phi) is 8.38. The standard InChI is InChI=1S/C17H31F3N4O3S/c1-3-21-16(23-8-5-15(12-23)13-27-4-2)22-11-14-6-9-24(10-7-14)28(25,26)17(18,19)20/h14-15H,3-13H2,1-2H3,(H,21,22). The zero-order chi connectivity index (χ0) is 20.8. The van der Waals surface area contributed by atoms with E-state index in [1.807, 2.05) is 13.8 Å². The molecule has 164 valence electrons. The Hall–Kier alpha value is -1.07. The number of hydrogen-bond acceptors (Lipinski definition) is 4. The van der Waals surface area contributed by atoms with Crippen molar-refractivity contribution in [2.45, 2.75) is 38.6 Å². The smallest absolute Gasteiger partial charge is 0.381 e. The second kappa shape index (κ2) is 10.1. The number of halogens is 3. The molecule has 0 aromatic carbocycles. The van der Waals surface area contributed by atoms with E-state index in [-0.39, 0.29) is 19.0 Å². The first kappa shape index (κ1) is 23.2. The summed E-state index contributed by atoms with van der Waals surface area (Å²) in [7, 11) is -5.22. The number of hydrogen-bond donors (Lipinski definition) is 1. The van der Waals surface area contributed by atoms with Crippen molar-refractivity contribution < 1.29 is 26.3 Å². The zero-order valence-electron chi connectivity index (χ0n) is 16.5. The van der Waals surface area contributed by atoms with Gasteiger partial charge in [0.2, 0.25) is 0 Å². The van der Waals surface area contributed by atoms with Crippen molar-refractivity contribution in [3.05, 3.63) is 0 Å². The third-order valence-electron chi connectivity index (χ3n) is 5.18. The van der Waals surface area contributed by atoms with Crippen LogP contribution in [0.4, 0.5) is 13.2 Å². The van der Waals surface area contributed by atoms with E-state index in [0.717, 1.165) is 38.6 Å². The molecule has 0 aliphatic carbocycles. The summed E-state index contributed by atoms with van der Waals surface area (Å²) in [4.78, 5) is 6.86. The summed E-state index contributed by atoms with van der Waals surface area (Å²) in [5.74, 6) is 1.36. The number of alkyl halides is 3. The van der Waals surface area contributed by atoms with Crippen LogP contribution in [0.25, 0.3) is 0 Å². The van der Waals surface area contributed by atoms with Crippen LogP contribution in [0.15, 0.2) is 4.99 Å². The minimum absolute atomic E-state index is 0.0789. The number of guanidine groups is 1. The van der Waals surface area contributed by atoms with Gasteiger partial charge in [-0.15, -0.1) is 0 Å². The van der Waals surface area contributed by atoms with E-state index in [9.17, 15) is 21.6 Å². The Morgan fingerprint density at radius 1 is 1.14 bits per heavy atom. The number of sulfonamides is 1. The van der Waals surface area contributed by atoms with Crippen molar-refractivity contribution in [2.24, 2.45) is 16.8 Å². The highest BCUT2D eigenvalue weighted by Crippen LogP contribution is 2.30. The number of likely N-dealkylation sites (tertiary alicyclic amines) is 1. The second-order valence-corrected chi connectivity index (χ2v) is 9.18. The lowest BCUT2D eigenvalue weighted by molar-refractivity contribution is -0.0496. The topological polar surface area (TPSA) is 74.2 Å². The van der Waals surface area contributed by atoms with Gasteiger partial charge in [-0.3, -0.25) is 4.99 Å². The summed E-state index contributed by atoms with van der Waals surface area (Å²) in [5, 5.41) is 3.27. The van der Waals surface area contributed by atoms with E-state index in [1.165, 1.54) is 0 Å². The number of rotatable bonds is 7. The quantitative estimate of drug-likeness (QED) is 0.495. The first-order chi connectivity index (χ1) is 13.2. The van der Waals surface area contributed by atoms with E-state index >= 15 is 0 Å². The van der Waals surface area contributed by atoms with Crippen molar-refractivity contribution in [3.63, 3.8) is 0 Å².